The van der Waals surface area contributed by atoms with Crippen LogP contribution < -0.4 is 11.1 Å². The molecule has 176 valence electrons. The third-order valence-corrected chi connectivity index (χ3v) is 5.64. The number of rotatable bonds is 9. The van der Waals surface area contributed by atoms with E-state index in [0.717, 1.165) is 18.3 Å². The number of hydrogen-bond donors (Lipinski definition) is 4. The molecule has 0 spiro atoms. The SMILES string of the molecule is CC(=O)OC[C@@H]1[C@H](NC(=O)C(=NOC(C)(C)C(=O)O)c2csc(N)n2)C(=O)N1S(=O)(=O)O. The lowest BCUT2D eigenvalue weighted by molar-refractivity contribution is -0.161. The molecule has 1 fully saturated rings. The summed E-state index contributed by atoms with van der Waals surface area (Å²) >= 11 is 0.934. The van der Waals surface area contributed by atoms with Gasteiger partial charge in [0.2, 0.25) is 5.60 Å². The second-order valence-electron chi connectivity index (χ2n) is 6.85. The molecule has 0 aliphatic carbocycles. The fourth-order valence-corrected chi connectivity index (χ4v) is 3.75. The van der Waals surface area contributed by atoms with Gasteiger partial charge in [0.15, 0.2) is 10.8 Å². The molecule has 0 radical (unpaired) electrons. The molecule has 2 rings (SSSR count). The highest BCUT2D eigenvalue weighted by Gasteiger charge is 2.54. The van der Waals surface area contributed by atoms with E-state index in [1.807, 2.05) is 0 Å². The number of nitrogens with one attached hydrogen (secondary N) is 1. The van der Waals surface area contributed by atoms with Crippen LogP contribution in [0.15, 0.2) is 10.5 Å². The van der Waals surface area contributed by atoms with Crippen LogP contribution in [0.25, 0.3) is 0 Å². The second kappa shape index (κ2) is 9.05. The van der Waals surface area contributed by atoms with E-state index in [-0.39, 0.29) is 15.1 Å². The van der Waals surface area contributed by atoms with Gasteiger partial charge < -0.3 is 25.7 Å². The van der Waals surface area contributed by atoms with Crippen molar-refractivity contribution in [2.45, 2.75) is 38.5 Å². The van der Waals surface area contributed by atoms with E-state index >= 15 is 0 Å². The molecular formula is C15H19N5O10S2. The summed E-state index contributed by atoms with van der Waals surface area (Å²) in [7, 11) is -5.00. The summed E-state index contributed by atoms with van der Waals surface area (Å²) < 4.78 is 36.8. The van der Waals surface area contributed by atoms with Crippen molar-refractivity contribution in [3.05, 3.63) is 11.1 Å². The molecule has 1 aliphatic rings. The van der Waals surface area contributed by atoms with Gasteiger partial charge >= 0.3 is 22.2 Å². The molecule has 15 nitrogen and oxygen atoms in total. The van der Waals surface area contributed by atoms with Crippen LogP contribution in [0, 0.1) is 0 Å². The summed E-state index contributed by atoms with van der Waals surface area (Å²) in [6.45, 7) is 2.71. The molecule has 1 aromatic rings. The van der Waals surface area contributed by atoms with Gasteiger partial charge in [-0.2, -0.15) is 8.42 Å². The third-order valence-electron chi connectivity index (χ3n) is 4.02. The number of hydrogen-bond acceptors (Lipinski definition) is 12. The standard InChI is InChI=1S/C15H19N5O10S2/c1-6(21)29-4-8-10(12(23)20(8)32(26,27)28)18-11(22)9(7-5-31-14(16)17-7)19-30-15(2,3)13(24)25/h5,8,10H,4H2,1-3H3,(H2,16,17)(H,18,22)(H,24,25)(H,26,27,28)/t8-,10+/m1/s1. The molecule has 0 aromatic carbocycles. The summed E-state index contributed by atoms with van der Waals surface area (Å²) in [6.07, 6.45) is 0. The van der Waals surface area contributed by atoms with Crippen LogP contribution >= 0.6 is 11.3 Å². The average Bonchev–Trinajstić information content (AvgIpc) is 3.07. The van der Waals surface area contributed by atoms with Crippen molar-refractivity contribution in [1.82, 2.24) is 14.6 Å². The molecule has 0 bridgehead atoms. The first-order valence-corrected chi connectivity index (χ1v) is 10.9. The molecule has 2 heterocycles. The van der Waals surface area contributed by atoms with E-state index in [4.69, 9.17) is 20.4 Å². The zero-order chi connectivity index (χ0) is 24.4. The lowest BCUT2D eigenvalue weighted by Crippen LogP contribution is -2.73. The van der Waals surface area contributed by atoms with Gasteiger partial charge in [0, 0.05) is 12.3 Å². The number of oxime groups is 1. The summed E-state index contributed by atoms with van der Waals surface area (Å²) in [4.78, 5) is 56.1. The number of nitrogens with zero attached hydrogens (tertiary/aromatic N) is 3. The minimum absolute atomic E-state index is 0.0442. The summed E-state index contributed by atoms with van der Waals surface area (Å²) in [6, 6.07) is -2.97. The molecule has 1 saturated heterocycles. The van der Waals surface area contributed by atoms with Crippen molar-refractivity contribution in [1.29, 1.82) is 0 Å². The quantitative estimate of drug-likeness (QED) is 0.0999. The maximum atomic E-state index is 12.8. The minimum Gasteiger partial charge on any atom is -0.478 e. The van der Waals surface area contributed by atoms with Gasteiger partial charge in [0.05, 0.1) is 0 Å². The highest BCUT2D eigenvalue weighted by Crippen LogP contribution is 2.24. The van der Waals surface area contributed by atoms with Crippen LogP contribution in [0.5, 0.6) is 0 Å². The fourth-order valence-electron chi connectivity index (χ4n) is 2.34. The maximum absolute atomic E-state index is 12.8. The number of anilines is 1. The first-order chi connectivity index (χ1) is 14.6. The Balaban J connectivity index is 2.32. The van der Waals surface area contributed by atoms with E-state index in [2.05, 4.69) is 15.5 Å². The van der Waals surface area contributed by atoms with Crippen LogP contribution in [0.3, 0.4) is 0 Å². The lowest BCUT2D eigenvalue weighted by Gasteiger charge is -2.43. The molecule has 0 saturated carbocycles. The van der Waals surface area contributed by atoms with E-state index < -0.39 is 64.1 Å². The van der Waals surface area contributed by atoms with E-state index in [9.17, 15) is 32.1 Å². The van der Waals surface area contributed by atoms with E-state index in [1.165, 1.54) is 19.2 Å². The Bertz CT molecular complexity index is 1080. The molecular weight excluding hydrogens is 474 g/mol. The topological polar surface area (TPSA) is 228 Å². The van der Waals surface area contributed by atoms with E-state index in [0.29, 0.717) is 0 Å². The van der Waals surface area contributed by atoms with Crippen LogP contribution in [-0.4, -0.2) is 81.1 Å². The molecule has 1 aliphatic heterocycles. The summed E-state index contributed by atoms with van der Waals surface area (Å²) in [5, 5.41) is 16.2. The number of carbonyl (C=O) groups is 4. The number of carboxylic acid groups (broad SMARTS) is 1. The van der Waals surface area contributed by atoms with Crippen molar-refractivity contribution in [2.75, 3.05) is 12.3 Å². The van der Waals surface area contributed by atoms with E-state index in [1.54, 1.807) is 0 Å². The van der Waals surface area contributed by atoms with Gasteiger partial charge in [-0.3, -0.25) is 18.9 Å². The van der Waals surface area contributed by atoms with Crippen molar-refractivity contribution < 1.29 is 46.8 Å². The van der Waals surface area contributed by atoms with Crippen LogP contribution in [0.4, 0.5) is 5.13 Å². The Morgan fingerprint density at radius 1 is 1.41 bits per heavy atom. The molecule has 32 heavy (non-hydrogen) atoms. The number of nitrogens with two attached hydrogens (primary N) is 1. The largest absolute Gasteiger partial charge is 0.478 e. The minimum atomic E-state index is -5.00. The number of aromatic nitrogens is 1. The lowest BCUT2D eigenvalue weighted by atomic mass is 9.99. The van der Waals surface area contributed by atoms with Gasteiger partial charge in [-0.05, 0) is 13.8 Å². The second-order valence-corrected chi connectivity index (χ2v) is 9.03. The van der Waals surface area contributed by atoms with Crippen molar-refractivity contribution >= 4 is 56.2 Å². The Hall–Kier alpha value is -3.31. The smallest absolute Gasteiger partial charge is 0.362 e. The van der Waals surface area contributed by atoms with Gasteiger partial charge in [-0.15, -0.1) is 11.3 Å². The number of carboxylic acids is 1. The Labute approximate surface area is 185 Å². The molecule has 1 aromatic heterocycles. The highest BCUT2D eigenvalue weighted by atomic mass is 32.2. The number of thiazole rings is 1. The number of esters is 1. The fraction of sp³-hybridized carbons (Fsp3) is 0.467. The number of amides is 2. The van der Waals surface area contributed by atoms with Crippen LogP contribution in [0.2, 0.25) is 0 Å². The monoisotopic (exact) mass is 493 g/mol. The zero-order valence-electron chi connectivity index (χ0n) is 16.8. The molecule has 0 unspecified atom stereocenters. The molecule has 2 amide bonds. The van der Waals surface area contributed by atoms with Gasteiger partial charge in [0.1, 0.15) is 24.4 Å². The van der Waals surface area contributed by atoms with Crippen LogP contribution in [-0.2, 0) is 39.1 Å². The first kappa shape index (κ1) is 25.0. The Kier molecular flexibility index (Phi) is 7.06. The summed E-state index contributed by atoms with van der Waals surface area (Å²) in [5.41, 5.74) is 3.04. The third kappa shape index (κ3) is 5.48. The first-order valence-electron chi connectivity index (χ1n) is 8.61. The Morgan fingerprint density at radius 3 is 2.50 bits per heavy atom. The number of ether oxygens (including phenoxy) is 1. The maximum Gasteiger partial charge on any atom is 0.362 e. The predicted octanol–water partition coefficient (Wildman–Crippen LogP) is -1.63. The number of aliphatic carboxylic acids is 1. The average molecular weight is 493 g/mol. The van der Waals surface area contributed by atoms with Crippen LogP contribution in [0.1, 0.15) is 26.5 Å². The Morgan fingerprint density at radius 2 is 2.03 bits per heavy atom. The van der Waals surface area contributed by atoms with Crippen molar-refractivity contribution in [3.8, 4) is 0 Å². The van der Waals surface area contributed by atoms with Crippen molar-refractivity contribution in [2.24, 2.45) is 5.16 Å². The predicted molar refractivity (Wildman–Crippen MR) is 107 cm³/mol. The van der Waals surface area contributed by atoms with Gasteiger partial charge in [0.25, 0.3) is 11.8 Å². The molecule has 17 heteroatoms. The molecule has 2 atom stereocenters. The highest BCUT2D eigenvalue weighted by molar-refractivity contribution is 7.84. The van der Waals surface area contributed by atoms with Crippen molar-refractivity contribution in [3.63, 3.8) is 0 Å². The number of nitrogen functional groups attached to an aromatic ring is 1. The number of β-lactam (4-membered cyclic amide) rings is 1. The van der Waals surface area contributed by atoms with Gasteiger partial charge in [-0.25, -0.2) is 14.1 Å². The zero-order valence-corrected chi connectivity index (χ0v) is 18.5. The van der Waals surface area contributed by atoms with Gasteiger partial charge in [-0.1, -0.05) is 5.16 Å². The number of carbonyl (C=O) groups excluding carboxylic acids is 3. The molecule has 5 N–H and O–H groups in total. The summed E-state index contributed by atoms with van der Waals surface area (Å²) in [5.74, 6) is -4.49. The normalized spacial score (nSPS) is 19.2.